The van der Waals surface area contributed by atoms with Gasteiger partial charge in [0.2, 0.25) is 0 Å². The number of carbonyl (C=O) groups is 1. The number of ether oxygens (including phenoxy) is 1. The molecule has 0 amide bonds. The Balaban J connectivity index is 2.25. The third kappa shape index (κ3) is 2.91. The minimum absolute atomic E-state index is 0.0308. The molecule has 2 aromatic carbocycles. The van der Waals surface area contributed by atoms with E-state index in [1.54, 1.807) is 24.3 Å². The number of ketones is 1. The van der Waals surface area contributed by atoms with Crippen LogP contribution in [0.15, 0.2) is 42.5 Å². The van der Waals surface area contributed by atoms with Gasteiger partial charge in [-0.2, -0.15) is 0 Å². The number of hydrogen-bond donors (Lipinski definition) is 1. The minimum Gasteiger partial charge on any atom is -0.494 e. The molecule has 98 valence electrons. The summed E-state index contributed by atoms with van der Waals surface area (Å²) in [5.74, 6) is -0.0179. The average Bonchev–Trinajstić information content (AvgIpc) is 2.42. The lowest BCUT2D eigenvalue weighted by Gasteiger charge is -2.05. The molecule has 2 N–H and O–H groups in total. The van der Waals surface area contributed by atoms with E-state index in [2.05, 4.69) is 0 Å². The third-order valence-corrected chi connectivity index (χ3v) is 2.69. The smallest absolute Gasteiger partial charge is 0.193 e. The van der Waals surface area contributed by atoms with E-state index in [9.17, 15) is 9.18 Å². The maximum Gasteiger partial charge on any atom is 0.193 e. The van der Waals surface area contributed by atoms with Crippen LogP contribution >= 0.6 is 0 Å². The number of anilines is 1. The molecule has 2 aromatic rings. The van der Waals surface area contributed by atoms with Crippen LogP contribution in [0.5, 0.6) is 5.75 Å². The van der Waals surface area contributed by atoms with E-state index in [0.29, 0.717) is 23.5 Å². The number of rotatable bonds is 4. The number of carbonyl (C=O) groups excluding carboxylic acids is 1. The van der Waals surface area contributed by atoms with Crippen molar-refractivity contribution in [2.24, 2.45) is 0 Å². The Morgan fingerprint density at radius 1 is 1.16 bits per heavy atom. The zero-order valence-corrected chi connectivity index (χ0v) is 10.5. The molecule has 0 atom stereocenters. The van der Waals surface area contributed by atoms with Crippen LogP contribution in [0.4, 0.5) is 10.1 Å². The Labute approximate surface area is 110 Å². The highest BCUT2D eigenvalue weighted by molar-refractivity contribution is 6.09. The number of hydrogen-bond acceptors (Lipinski definition) is 3. The first kappa shape index (κ1) is 13.1. The predicted molar refractivity (Wildman–Crippen MR) is 71.9 cm³/mol. The SMILES string of the molecule is CCOc1ccc(C(=O)c2ccc(F)c(N)c2)cc1. The molecule has 0 spiro atoms. The van der Waals surface area contributed by atoms with Crippen molar-refractivity contribution < 1.29 is 13.9 Å². The Morgan fingerprint density at radius 2 is 1.79 bits per heavy atom. The van der Waals surface area contributed by atoms with E-state index in [0.717, 1.165) is 0 Å². The summed E-state index contributed by atoms with van der Waals surface area (Å²) in [4.78, 5) is 12.2. The molecule has 0 saturated carbocycles. The van der Waals surface area contributed by atoms with Crippen molar-refractivity contribution in [1.82, 2.24) is 0 Å². The molecule has 0 radical (unpaired) electrons. The molecule has 0 aliphatic heterocycles. The molecule has 0 unspecified atom stereocenters. The van der Waals surface area contributed by atoms with Crippen LogP contribution in [0, 0.1) is 5.82 Å². The van der Waals surface area contributed by atoms with E-state index in [-0.39, 0.29) is 11.5 Å². The summed E-state index contributed by atoms with van der Waals surface area (Å²) in [6.45, 7) is 2.46. The Hall–Kier alpha value is -2.36. The standard InChI is InChI=1S/C15H14FNO2/c1-2-19-12-6-3-10(4-7-12)15(18)11-5-8-13(16)14(17)9-11/h3-9H,2,17H2,1H3. The van der Waals surface area contributed by atoms with Crippen molar-refractivity contribution >= 4 is 11.5 Å². The van der Waals surface area contributed by atoms with E-state index < -0.39 is 5.82 Å². The van der Waals surface area contributed by atoms with Gasteiger partial charge in [-0.25, -0.2) is 4.39 Å². The summed E-state index contributed by atoms with van der Waals surface area (Å²) >= 11 is 0. The Morgan fingerprint density at radius 3 is 2.37 bits per heavy atom. The van der Waals surface area contributed by atoms with Crippen molar-refractivity contribution in [3.05, 3.63) is 59.4 Å². The van der Waals surface area contributed by atoms with Crippen molar-refractivity contribution in [3.63, 3.8) is 0 Å². The molecule has 19 heavy (non-hydrogen) atoms. The normalized spacial score (nSPS) is 10.2. The highest BCUT2D eigenvalue weighted by atomic mass is 19.1. The third-order valence-electron chi connectivity index (χ3n) is 2.69. The summed E-state index contributed by atoms with van der Waals surface area (Å²) in [5.41, 5.74) is 6.29. The quantitative estimate of drug-likeness (QED) is 0.678. The molecule has 0 aliphatic carbocycles. The molecule has 0 heterocycles. The first-order chi connectivity index (χ1) is 9.11. The summed E-state index contributed by atoms with van der Waals surface area (Å²) in [7, 11) is 0. The number of nitrogen functional groups attached to an aromatic ring is 1. The van der Waals surface area contributed by atoms with Gasteiger partial charge in [-0.05, 0) is 49.4 Å². The summed E-state index contributed by atoms with van der Waals surface area (Å²) in [5, 5.41) is 0. The molecular formula is C15H14FNO2. The molecule has 2 rings (SSSR count). The van der Waals surface area contributed by atoms with Crippen molar-refractivity contribution in [1.29, 1.82) is 0 Å². The van der Waals surface area contributed by atoms with Crippen LogP contribution in [0.1, 0.15) is 22.8 Å². The molecular weight excluding hydrogens is 245 g/mol. The largest absolute Gasteiger partial charge is 0.494 e. The molecule has 4 heteroatoms. The maximum absolute atomic E-state index is 13.0. The van der Waals surface area contributed by atoms with Crippen LogP contribution < -0.4 is 10.5 Å². The van der Waals surface area contributed by atoms with Crippen molar-refractivity contribution in [3.8, 4) is 5.75 Å². The van der Waals surface area contributed by atoms with Crippen LogP contribution in [0.3, 0.4) is 0 Å². The lowest BCUT2D eigenvalue weighted by Crippen LogP contribution is -2.03. The summed E-state index contributed by atoms with van der Waals surface area (Å²) in [6.07, 6.45) is 0. The lowest BCUT2D eigenvalue weighted by atomic mass is 10.0. The molecule has 0 bridgehead atoms. The number of benzene rings is 2. The van der Waals surface area contributed by atoms with Crippen molar-refractivity contribution in [2.75, 3.05) is 12.3 Å². The first-order valence-corrected chi connectivity index (χ1v) is 5.94. The number of nitrogens with two attached hydrogens (primary N) is 1. The zero-order chi connectivity index (χ0) is 13.8. The van der Waals surface area contributed by atoms with Gasteiger partial charge in [0.15, 0.2) is 5.78 Å². The monoisotopic (exact) mass is 259 g/mol. The molecule has 3 nitrogen and oxygen atoms in total. The highest BCUT2D eigenvalue weighted by Gasteiger charge is 2.11. The second-order valence-corrected chi connectivity index (χ2v) is 4.02. The van der Waals surface area contributed by atoms with Gasteiger partial charge in [0.05, 0.1) is 12.3 Å². The van der Waals surface area contributed by atoms with Gasteiger partial charge in [0.1, 0.15) is 11.6 Å². The first-order valence-electron chi connectivity index (χ1n) is 5.94. The molecule has 0 fully saturated rings. The Kier molecular flexibility index (Phi) is 3.80. The van der Waals surface area contributed by atoms with Gasteiger partial charge in [0, 0.05) is 11.1 Å². The predicted octanol–water partition coefficient (Wildman–Crippen LogP) is 3.04. The Bertz CT molecular complexity index is 594. The average molecular weight is 259 g/mol. The zero-order valence-electron chi connectivity index (χ0n) is 10.5. The molecule has 0 aromatic heterocycles. The minimum atomic E-state index is -0.525. The van der Waals surface area contributed by atoms with Crippen LogP contribution in [0.25, 0.3) is 0 Å². The van der Waals surface area contributed by atoms with E-state index in [4.69, 9.17) is 10.5 Å². The molecule has 0 aliphatic rings. The number of halogens is 1. The van der Waals surface area contributed by atoms with Gasteiger partial charge in [-0.1, -0.05) is 0 Å². The summed E-state index contributed by atoms with van der Waals surface area (Å²) < 4.78 is 18.3. The molecule has 0 saturated heterocycles. The second kappa shape index (κ2) is 5.52. The van der Waals surface area contributed by atoms with Crippen LogP contribution in [-0.4, -0.2) is 12.4 Å². The lowest BCUT2D eigenvalue weighted by molar-refractivity contribution is 0.103. The van der Waals surface area contributed by atoms with Gasteiger partial charge in [-0.3, -0.25) is 4.79 Å². The van der Waals surface area contributed by atoms with E-state index in [1.165, 1.54) is 18.2 Å². The van der Waals surface area contributed by atoms with Gasteiger partial charge >= 0.3 is 0 Å². The fourth-order valence-electron chi connectivity index (χ4n) is 1.72. The fourth-order valence-corrected chi connectivity index (χ4v) is 1.72. The van der Waals surface area contributed by atoms with Crippen LogP contribution in [-0.2, 0) is 0 Å². The maximum atomic E-state index is 13.0. The van der Waals surface area contributed by atoms with Crippen molar-refractivity contribution in [2.45, 2.75) is 6.92 Å². The van der Waals surface area contributed by atoms with Gasteiger partial charge in [0.25, 0.3) is 0 Å². The van der Waals surface area contributed by atoms with Gasteiger partial charge < -0.3 is 10.5 Å². The topological polar surface area (TPSA) is 52.3 Å². The second-order valence-electron chi connectivity index (χ2n) is 4.02. The van der Waals surface area contributed by atoms with E-state index in [1.807, 2.05) is 6.92 Å². The summed E-state index contributed by atoms with van der Waals surface area (Å²) in [6, 6.07) is 10.8. The highest BCUT2D eigenvalue weighted by Crippen LogP contribution is 2.18. The van der Waals surface area contributed by atoms with E-state index >= 15 is 0 Å². The van der Waals surface area contributed by atoms with Crippen LogP contribution in [0.2, 0.25) is 0 Å². The fraction of sp³-hybridized carbons (Fsp3) is 0.133. The van der Waals surface area contributed by atoms with Gasteiger partial charge in [-0.15, -0.1) is 0 Å².